The maximum absolute atomic E-state index is 12.5. The van der Waals surface area contributed by atoms with Gasteiger partial charge in [-0.1, -0.05) is 0 Å². The molecule has 0 spiro atoms. The molecule has 2 aliphatic rings. The molecule has 0 radical (unpaired) electrons. The number of ether oxygens (including phenoxy) is 2. The van der Waals surface area contributed by atoms with Gasteiger partial charge < -0.3 is 25.4 Å². The van der Waals surface area contributed by atoms with Crippen LogP contribution >= 0.6 is 0 Å². The Morgan fingerprint density at radius 2 is 1.62 bits per heavy atom. The Hall–Kier alpha value is -3.22. The molecule has 134 valence electrons. The van der Waals surface area contributed by atoms with Crippen LogP contribution in [0.4, 0.5) is 21.9 Å². The lowest BCUT2D eigenvalue weighted by atomic mass is 10.0. The number of benzene rings is 2. The molecule has 3 amide bonds. The fourth-order valence-electron chi connectivity index (χ4n) is 3.23. The van der Waals surface area contributed by atoms with Crippen molar-refractivity contribution in [3.05, 3.63) is 41.5 Å². The van der Waals surface area contributed by atoms with Gasteiger partial charge in [-0.25, -0.2) is 4.79 Å². The Kier molecular flexibility index (Phi) is 4.12. The molecule has 0 saturated heterocycles. The predicted molar refractivity (Wildman–Crippen MR) is 98.2 cm³/mol. The maximum atomic E-state index is 12.5. The Balaban J connectivity index is 1.50. The van der Waals surface area contributed by atoms with Crippen LogP contribution in [0.2, 0.25) is 0 Å². The van der Waals surface area contributed by atoms with Crippen molar-refractivity contribution in [1.82, 2.24) is 0 Å². The van der Waals surface area contributed by atoms with Crippen LogP contribution < -0.4 is 25.4 Å². The van der Waals surface area contributed by atoms with Crippen LogP contribution in [0.25, 0.3) is 0 Å². The van der Waals surface area contributed by atoms with Gasteiger partial charge in [0.1, 0.15) is 11.5 Å². The molecule has 0 aromatic heterocycles. The number of nitrogens with one attached hydrogen (secondary N) is 3. The number of amides is 3. The van der Waals surface area contributed by atoms with Crippen LogP contribution in [0.1, 0.15) is 18.1 Å². The van der Waals surface area contributed by atoms with E-state index in [1.807, 2.05) is 6.07 Å². The number of fused-ring (bicyclic) bond motifs is 2. The summed E-state index contributed by atoms with van der Waals surface area (Å²) in [5.41, 5.74) is 4.02. The Morgan fingerprint density at radius 1 is 0.923 bits per heavy atom. The molecule has 2 aromatic rings. The van der Waals surface area contributed by atoms with Crippen LogP contribution in [-0.4, -0.2) is 25.2 Å². The standard InChI is InChI=1S/C19H19N3O4/c1-11(23)20-13-2-4-14(5-3-13)21-19(24)22-17-15-7-9-25-16(15)10-12-6-8-26-18(12)17/h2-5,10H,6-9H2,1H3,(H,20,23)(H2,21,22,24). The lowest BCUT2D eigenvalue weighted by Gasteiger charge is -2.14. The zero-order chi connectivity index (χ0) is 18.1. The molecule has 7 nitrogen and oxygen atoms in total. The number of rotatable bonds is 3. The van der Waals surface area contributed by atoms with Gasteiger partial charge in [-0.05, 0) is 30.3 Å². The molecule has 2 heterocycles. The average molecular weight is 353 g/mol. The van der Waals surface area contributed by atoms with Gasteiger partial charge in [0, 0.05) is 42.3 Å². The van der Waals surface area contributed by atoms with Crippen LogP contribution in [0.3, 0.4) is 0 Å². The van der Waals surface area contributed by atoms with E-state index in [0.717, 1.165) is 35.5 Å². The number of hydrogen-bond acceptors (Lipinski definition) is 4. The van der Waals surface area contributed by atoms with E-state index < -0.39 is 0 Å². The van der Waals surface area contributed by atoms with Crippen molar-refractivity contribution in [2.24, 2.45) is 0 Å². The molecular weight excluding hydrogens is 334 g/mol. The van der Waals surface area contributed by atoms with Gasteiger partial charge in [0.25, 0.3) is 0 Å². The fraction of sp³-hybridized carbons (Fsp3) is 0.263. The van der Waals surface area contributed by atoms with Crippen molar-refractivity contribution >= 4 is 29.0 Å². The Bertz CT molecular complexity index is 845. The highest BCUT2D eigenvalue weighted by Gasteiger charge is 2.27. The summed E-state index contributed by atoms with van der Waals surface area (Å²) in [7, 11) is 0. The third kappa shape index (κ3) is 3.15. The first-order valence-electron chi connectivity index (χ1n) is 8.50. The molecule has 0 atom stereocenters. The van der Waals surface area contributed by atoms with E-state index in [4.69, 9.17) is 9.47 Å². The quantitative estimate of drug-likeness (QED) is 0.791. The summed E-state index contributed by atoms with van der Waals surface area (Å²) in [5.74, 6) is 1.42. The minimum Gasteiger partial charge on any atom is -0.493 e. The molecule has 0 fully saturated rings. The lowest BCUT2D eigenvalue weighted by molar-refractivity contribution is -0.114. The number of urea groups is 1. The highest BCUT2D eigenvalue weighted by atomic mass is 16.5. The predicted octanol–water partition coefficient (Wildman–Crippen LogP) is 3.16. The minimum absolute atomic E-state index is 0.141. The second-order valence-corrected chi connectivity index (χ2v) is 6.25. The lowest BCUT2D eigenvalue weighted by Crippen LogP contribution is -2.20. The summed E-state index contributed by atoms with van der Waals surface area (Å²) in [6.07, 6.45) is 1.56. The summed E-state index contributed by atoms with van der Waals surface area (Å²) in [4.78, 5) is 23.5. The van der Waals surface area contributed by atoms with Crippen molar-refractivity contribution in [2.75, 3.05) is 29.2 Å². The van der Waals surface area contributed by atoms with Gasteiger partial charge in [-0.15, -0.1) is 0 Å². The summed E-state index contributed by atoms with van der Waals surface area (Å²) >= 11 is 0. The first-order valence-corrected chi connectivity index (χ1v) is 8.50. The van der Waals surface area contributed by atoms with Gasteiger partial charge >= 0.3 is 6.03 Å². The Morgan fingerprint density at radius 3 is 2.35 bits per heavy atom. The molecule has 3 N–H and O–H groups in total. The largest absolute Gasteiger partial charge is 0.493 e. The first kappa shape index (κ1) is 16.3. The van der Waals surface area contributed by atoms with E-state index in [-0.39, 0.29) is 11.9 Å². The van der Waals surface area contributed by atoms with Crippen molar-refractivity contribution in [3.8, 4) is 11.5 Å². The molecule has 4 rings (SSSR count). The third-order valence-corrected chi connectivity index (χ3v) is 4.35. The van der Waals surface area contributed by atoms with Crippen molar-refractivity contribution in [3.63, 3.8) is 0 Å². The normalized spacial score (nSPS) is 13.9. The number of hydrogen-bond donors (Lipinski definition) is 3. The number of carbonyl (C=O) groups is 2. The minimum atomic E-state index is -0.352. The number of anilines is 3. The monoisotopic (exact) mass is 353 g/mol. The topological polar surface area (TPSA) is 88.7 Å². The molecule has 2 aliphatic heterocycles. The summed E-state index contributed by atoms with van der Waals surface area (Å²) in [5, 5.41) is 8.39. The highest BCUT2D eigenvalue weighted by molar-refractivity contribution is 6.02. The fourth-order valence-corrected chi connectivity index (χ4v) is 3.23. The van der Waals surface area contributed by atoms with Crippen LogP contribution in [-0.2, 0) is 17.6 Å². The van der Waals surface area contributed by atoms with E-state index in [1.165, 1.54) is 6.92 Å². The van der Waals surface area contributed by atoms with Gasteiger partial charge in [0.15, 0.2) is 0 Å². The Labute approximate surface area is 150 Å². The molecule has 2 aromatic carbocycles. The highest BCUT2D eigenvalue weighted by Crippen LogP contribution is 2.44. The van der Waals surface area contributed by atoms with Gasteiger partial charge in [-0.3, -0.25) is 4.79 Å². The van der Waals surface area contributed by atoms with Crippen LogP contribution in [0.5, 0.6) is 11.5 Å². The second-order valence-electron chi connectivity index (χ2n) is 6.25. The summed E-state index contributed by atoms with van der Waals surface area (Å²) in [6, 6.07) is 8.57. The summed E-state index contributed by atoms with van der Waals surface area (Å²) < 4.78 is 11.4. The molecule has 0 unspecified atom stereocenters. The average Bonchev–Trinajstić information content (AvgIpc) is 3.25. The zero-order valence-corrected chi connectivity index (χ0v) is 14.3. The van der Waals surface area contributed by atoms with E-state index in [2.05, 4.69) is 16.0 Å². The van der Waals surface area contributed by atoms with E-state index in [0.29, 0.717) is 30.3 Å². The first-order chi connectivity index (χ1) is 12.6. The van der Waals surface area contributed by atoms with Crippen molar-refractivity contribution < 1.29 is 19.1 Å². The van der Waals surface area contributed by atoms with E-state index in [9.17, 15) is 9.59 Å². The van der Waals surface area contributed by atoms with Crippen LogP contribution in [0, 0.1) is 0 Å². The molecule has 0 bridgehead atoms. The van der Waals surface area contributed by atoms with Crippen LogP contribution in [0.15, 0.2) is 30.3 Å². The second kappa shape index (κ2) is 6.59. The van der Waals surface area contributed by atoms with Gasteiger partial charge in [0.05, 0.1) is 18.9 Å². The molecule has 0 saturated carbocycles. The van der Waals surface area contributed by atoms with Crippen molar-refractivity contribution in [2.45, 2.75) is 19.8 Å². The zero-order valence-electron chi connectivity index (χ0n) is 14.3. The number of carbonyl (C=O) groups excluding carboxylic acids is 2. The smallest absolute Gasteiger partial charge is 0.323 e. The third-order valence-electron chi connectivity index (χ3n) is 4.35. The van der Waals surface area contributed by atoms with Gasteiger partial charge in [0.2, 0.25) is 5.91 Å². The van der Waals surface area contributed by atoms with Crippen molar-refractivity contribution in [1.29, 1.82) is 0 Å². The van der Waals surface area contributed by atoms with E-state index >= 15 is 0 Å². The molecule has 7 heteroatoms. The molecular formula is C19H19N3O4. The summed E-state index contributed by atoms with van der Waals surface area (Å²) in [6.45, 7) is 2.67. The van der Waals surface area contributed by atoms with Gasteiger partial charge in [-0.2, -0.15) is 0 Å². The SMILES string of the molecule is CC(=O)Nc1ccc(NC(=O)Nc2c3c(cc4c2OCC4)OCC3)cc1. The maximum Gasteiger partial charge on any atom is 0.323 e. The molecule has 0 aliphatic carbocycles. The van der Waals surface area contributed by atoms with E-state index in [1.54, 1.807) is 24.3 Å². The molecule has 26 heavy (non-hydrogen) atoms.